The Hall–Kier alpha value is -1.59. The van der Waals surface area contributed by atoms with Crippen LogP contribution < -0.4 is 4.74 Å². The molecule has 15 heavy (non-hydrogen) atoms. The van der Waals surface area contributed by atoms with Crippen LogP contribution in [0.25, 0.3) is 0 Å². The molecule has 84 valence electrons. The quantitative estimate of drug-likeness (QED) is 0.692. The lowest BCUT2D eigenvalue weighted by molar-refractivity contribution is -0.159. The average molecular weight is 216 g/mol. The number of alkyl halides is 1. The monoisotopic (exact) mass is 216 g/mol. The first-order valence-electron chi connectivity index (χ1n) is 4.67. The molecule has 0 aliphatic carbocycles. The molecule has 1 aromatic heterocycles. The number of hydrogen-bond donors (Lipinski definition) is 0. The van der Waals surface area contributed by atoms with Gasteiger partial charge in [0.15, 0.2) is 5.75 Å². The number of halogens is 1. The molecule has 0 saturated heterocycles. The van der Waals surface area contributed by atoms with Crippen LogP contribution in [0, 0.1) is 0 Å². The SMILES string of the molecule is CCOC(=O)C(F)Oc1cnn(CC)c1. The lowest BCUT2D eigenvalue weighted by Gasteiger charge is -2.07. The summed E-state index contributed by atoms with van der Waals surface area (Å²) >= 11 is 0. The number of ether oxygens (including phenoxy) is 2. The van der Waals surface area contributed by atoms with E-state index in [2.05, 4.69) is 14.6 Å². The van der Waals surface area contributed by atoms with Crippen LogP contribution in [0.2, 0.25) is 0 Å². The van der Waals surface area contributed by atoms with E-state index in [0.29, 0.717) is 6.54 Å². The van der Waals surface area contributed by atoms with Gasteiger partial charge in [-0.2, -0.15) is 9.49 Å². The smallest absolute Gasteiger partial charge is 0.381 e. The van der Waals surface area contributed by atoms with Crippen molar-refractivity contribution in [3.8, 4) is 5.75 Å². The second kappa shape index (κ2) is 5.33. The summed E-state index contributed by atoms with van der Waals surface area (Å²) in [6.45, 7) is 4.26. The molecule has 5 nitrogen and oxygen atoms in total. The predicted octanol–water partition coefficient (Wildman–Crippen LogP) is 1.14. The fourth-order valence-corrected chi connectivity index (χ4v) is 0.954. The van der Waals surface area contributed by atoms with Crippen molar-refractivity contribution in [2.24, 2.45) is 0 Å². The standard InChI is InChI=1S/C9H13FN2O3/c1-3-12-6-7(5-11-12)15-8(10)9(13)14-4-2/h5-6,8H,3-4H2,1-2H3. The molecule has 1 rings (SSSR count). The summed E-state index contributed by atoms with van der Waals surface area (Å²) in [5.74, 6) is -0.820. The first kappa shape index (κ1) is 11.5. The molecule has 1 aromatic rings. The highest BCUT2D eigenvalue weighted by atomic mass is 19.1. The predicted molar refractivity (Wildman–Crippen MR) is 50.1 cm³/mol. The van der Waals surface area contributed by atoms with Gasteiger partial charge in [-0.25, -0.2) is 4.79 Å². The number of carbonyl (C=O) groups is 1. The minimum absolute atomic E-state index is 0.122. The first-order valence-corrected chi connectivity index (χ1v) is 4.67. The lowest BCUT2D eigenvalue weighted by Crippen LogP contribution is -2.24. The number of esters is 1. The summed E-state index contributed by atoms with van der Waals surface area (Å²) in [6.07, 6.45) is 0.751. The highest BCUT2D eigenvalue weighted by Crippen LogP contribution is 2.11. The third-order valence-electron chi connectivity index (χ3n) is 1.65. The molecule has 0 amide bonds. The van der Waals surface area contributed by atoms with Crippen LogP contribution >= 0.6 is 0 Å². The van der Waals surface area contributed by atoms with E-state index in [1.165, 1.54) is 12.4 Å². The average Bonchev–Trinajstić information content (AvgIpc) is 2.66. The maximum atomic E-state index is 13.0. The third-order valence-corrected chi connectivity index (χ3v) is 1.65. The molecule has 0 aliphatic rings. The number of hydrogen-bond acceptors (Lipinski definition) is 4. The molecule has 0 bridgehead atoms. The highest BCUT2D eigenvalue weighted by molar-refractivity contribution is 5.73. The molecular weight excluding hydrogens is 203 g/mol. The van der Waals surface area contributed by atoms with E-state index in [9.17, 15) is 9.18 Å². The topological polar surface area (TPSA) is 53.4 Å². The molecule has 0 aliphatic heterocycles. The first-order chi connectivity index (χ1) is 7.17. The largest absolute Gasteiger partial charge is 0.461 e. The van der Waals surface area contributed by atoms with Crippen LogP contribution in [0.3, 0.4) is 0 Å². The minimum atomic E-state index is -2.10. The van der Waals surface area contributed by atoms with E-state index in [4.69, 9.17) is 0 Å². The van der Waals surface area contributed by atoms with E-state index < -0.39 is 12.3 Å². The molecule has 0 fully saturated rings. The second-order valence-electron chi connectivity index (χ2n) is 2.72. The van der Waals surface area contributed by atoms with Gasteiger partial charge in [-0.1, -0.05) is 0 Å². The Bertz CT molecular complexity index is 327. The van der Waals surface area contributed by atoms with Gasteiger partial charge >= 0.3 is 12.3 Å². The van der Waals surface area contributed by atoms with Crippen molar-refractivity contribution < 1.29 is 18.7 Å². The summed E-state index contributed by atoms with van der Waals surface area (Å²) in [4.78, 5) is 10.9. The summed E-state index contributed by atoms with van der Waals surface area (Å²) in [7, 11) is 0. The zero-order valence-corrected chi connectivity index (χ0v) is 8.64. The van der Waals surface area contributed by atoms with Crippen LogP contribution in [-0.2, 0) is 16.1 Å². The van der Waals surface area contributed by atoms with Crippen LogP contribution in [0.4, 0.5) is 4.39 Å². The fourth-order valence-electron chi connectivity index (χ4n) is 0.954. The molecule has 0 radical (unpaired) electrons. The third kappa shape index (κ3) is 3.23. The van der Waals surface area contributed by atoms with Crippen molar-refractivity contribution in [2.45, 2.75) is 26.7 Å². The van der Waals surface area contributed by atoms with Gasteiger partial charge in [0, 0.05) is 6.54 Å². The van der Waals surface area contributed by atoms with Gasteiger partial charge in [-0.3, -0.25) is 4.68 Å². The Morgan fingerprint density at radius 1 is 1.67 bits per heavy atom. The number of aryl methyl sites for hydroxylation is 1. The van der Waals surface area contributed by atoms with Crippen molar-refractivity contribution in [3.05, 3.63) is 12.4 Å². The molecule has 0 saturated carbocycles. The van der Waals surface area contributed by atoms with Gasteiger partial charge in [0.1, 0.15) is 0 Å². The van der Waals surface area contributed by atoms with Gasteiger partial charge in [0.2, 0.25) is 0 Å². The molecule has 1 atom stereocenters. The minimum Gasteiger partial charge on any atom is -0.461 e. The van der Waals surface area contributed by atoms with Crippen LogP contribution in [0.1, 0.15) is 13.8 Å². The molecule has 1 unspecified atom stereocenters. The summed E-state index contributed by atoms with van der Waals surface area (Å²) in [5.41, 5.74) is 0. The van der Waals surface area contributed by atoms with E-state index >= 15 is 0 Å². The zero-order chi connectivity index (χ0) is 11.3. The van der Waals surface area contributed by atoms with Crippen molar-refractivity contribution in [3.63, 3.8) is 0 Å². The van der Waals surface area contributed by atoms with E-state index in [1.807, 2.05) is 6.92 Å². The van der Waals surface area contributed by atoms with E-state index in [1.54, 1.807) is 11.6 Å². The number of aromatic nitrogens is 2. The molecular formula is C9H13FN2O3. The van der Waals surface area contributed by atoms with Gasteiger partial charge in [0.25, 0.3) is 0 Å². The Morgan fingerprint density at radius 3 is 2.93 bits per heavy atom. The number of carbonyl (C=O) groups excluding carboxylic acids is 1. The molecule has 6 heteroatoms. The van der Waals surface area contributed by atoms with Gasteiger partial charge in [-0.05, 0) is 13.8 Å². The second-order valence-corrected chi connectivity index (χ2v) is 2.72. The fraction of sp³-hybridized carbons (Fsp3) is 0.556. The van der Waals surface area contributed by atoms with E-state index in [0.717, 1.165) is 0 Å². The van der Waals surface area contributed by atoms with Crippen molar-refractivity contribution in [1.82, 2.24) is 9.78 Å². The Morgan fingerprint density at radius 2 is 2.40 bits per heavy atom. The molecule has 0 aromatic carbocycles. The van der Waals surface area contributed by atoms with Gasteiger partial charge < -0.3 is 9.47 Å². The maximum absolute atomic E-state index is 13.0. The van der Waals surface area contributed by atoms with Gasteiger partial charge in [0.05, 0.1) is 19.0 Å². The van der Waals surface area contributed by atoms with Gasteiger partial charge in [-0.15, -0.1) is 0 Å². The van der Waals surface area contributed by atoms with Crippen molar-refractivity contribution in [1.29, 1.82) is 0 Å². The van der Waals surface area contributed by atoms with Crippen LogP contribution in [0.5, 0.6) is 5.75 Å². The highest BCUT2D eigenvalue weighted by Gasteiger charge is 2.20. The van der Waals surface area contributed by atoms with Crippen LogP contribution in [-0.4, -0.2) is 28.7 Å². The maximum Gasteiger partial charge on any atom is 0.381 e. The summed E-state index contributed by atoms with van der Waals surface area (Å²) < 4.78 is 23.7. The zero-order valence-electron chi connectivity index (χ0n) is 8.64. The Labute approximate surface area is 86.8 Å². The summed E-state index contributed by atoms with van der Waals surface area (Å²) in [5, 5.41) is 3.87. The van der Waals surface area contributed by atoms with Crippen molar-refractivity contribution >= 4 is 5.97 Å². The molecule has 0 N–H and O–H groups in total. The number of rotatable bonds is 5. The summed E-state index contributed by atoms with van der Waals surface area (Å²) in [6, 6.07) is 0. The van der Waals surface area contributed by atoms with E-state index in [-0.39, 0.29) is 12.4 Å². The number of nitrogens with zero attached hydrogens (tertiary/aromatic N) is 2. The van der Waals surface area contributed by atoms with Crippen molar-refractivity contribution in [2.75, 3.05) is 6.61 Å². The molecule has 0 spiro atoms. The normalized spacial score (nSPS) is 12.2. The Balaban J connectivity index is 2.50. The molecule has 1 heterocycles. The van der Waals surface area contributed by atoms with Crippen LogP contribution in [0.15, 0.2) is 12.4 Å². The Kier molecular flexibility index (Phi) is 4.08. The lowest BCUT2D eigenvalue weighted by atomic mass is 10.6.